The van der Waals surface area contributed by atoms with Crippen molar-refractivity contribution in [3.05, 3.63) is 62.0 Å². The Bertz CT molecular complexity index is 735. The van der Waals surface area contributed by atoms with E-state index in [-0.39, 0.29) is 6.04 Å². The minimum Gasteiger partial charge on any atom is -0.494 e. The van der Waals surface area contributed by atoms with Crippen LogP contribution in [0.2, 0.25) is 10.0 Å². The molecule has 1 aliphatic rings. The van der Waals surface area contributed by atoms with Gasteiger partial charge in [-0.2, -0.15) is 0 Å². The van der Waals surface area contributed by atoms with E-state index in [0.29, 0.717) is 16.7 Å². The predicted molar refractivity (Wildman–Crippen MR) is 108 cm³/mol. The monoisotopic (exact) mass is 442 g/mol. The van der Waals surface area contributed by atoms with Gasteiger partial charge in [-0.15, -0.1) is 0 Å². The van der Waals surface area contributed by atoms with Crippen molar-refractivity contribution in [3.63, 3.8) is 0 Å². The lowest BCUT2D eigenvalue weighted by Gasteiger charge is -2.36. The van der Waals surface area contributed by atoms with Crippen LogP contribution in [0.4, 0.5) is 0 Å². The fourth-order valence-corrected chi connectivity index (χ4v) is 4.14. The van der Waals surface area contributed by atoms with Crippen molar-refractivity contribution in [3.8, 4) is 5.75 Å². The van der Waals surface area contributed by atoms with E-state index in [4.69, 9.17) is 27.9 Å². The third-order valence-electron chi connectivity index (χ3n) is 4.34. The molecule has 0 bridgehead atoms. The molecule has 1 heterocycles. The Morgan fingerprint density at radius 3 is 2.56 bits per heavy atom. The first-order valence-corrected chi connectivity index (χ1v) is 9.97. The van der Waals surface area contributed by atoms with Crippen molar-refractivity contribution in [2.75, 3.05) is 32.8 Å². The molecule has 1 fully saturated rings. The van der Waals surface area contributed by atoms with Gasteiger partial charge in [0, 0.05) is 46.3 Å². The molecular formula is C19H21BrCl2N2O. The number of nitrogens with one attached hydrogen (secondary N) is 1. The van der Waals surface area contributed by atoms with E-state index in [1.165, 1.54) is 0 Å². The summed E-state index contributed by atoms with van der Waals surface area (Å²) in [6.07, 6.45) is 0. The Hall–Kier alpha value is -0.780. The predicted octanol–water partition coefficient (Wildman–Crippen LogP) is 5.15. The molecule has 1 atom stereocenters. The van der Waals surface area contributed by atoms with Crippen LogP contribution in [0.25, 0.3) is 0 Å². The van der Waals surface area contributed by atoms with Gasteiger partial charge in [0.15, 0.2) is 0 Å². The maximum Gasteiger partial charge on any atom is 0.124 e. The molecule has 1 N–H and O–H groups in total. The van der Waals surface area contributed by atoms with E-state index in [1.807, 2.05) is 37.3 Å². The van der Waals surface area contributed by atoms with Gasteiger partial charge in [-0.05, 0) is 42.8 Å². The fourth-order valence-electron chi connectivity index (χ4n) is 3.24. The van der Waals surface area contributed by atoms with E-state index in [0.717, 1.165) is 47.5 Å². The molecule has 1 aliphatic heterocycles. The maximum absolute atomic E-state index is 6.58. The highest BCUT2D eigenvalue weighted by molar-refractivity contribution is 9.10. The fraction of sp³-hybridized carbons (Fsp3) is 0.368. The molecule has 2 aromatic rings. The number of ether oxygens (including phenoxy) is 1. The lowest BCUT2D eigenvalue weighted by atomic mass is 9.95. The summed E-state index contributed by atoms with van der Waals surface area (Å²) in [5, 5.41) is 4.74. The van der Waals surface area contributed by atoms with Crippen LogP contribution < -0.4 is 10.1 Å². The Morgan fingerprint density at radius 2 is 1.88 bits per heavy atom. The van der Waals surface area contributed by atoms with Crippen LogP contribution in [0.3, 0.4) is 0 Å². The topological polar surface area (TPSA) is 24.5 Å². The second-order valence-electron chi connectivity index (χ2n) is 5.97. The van der Waals surface area contributed by atoms with E-state index in [9.17, 15) is 0 Å². The van der Waals surface area contributed by atoms with Crippen LogP contribution in [0.5, 0.6) is 5.75 Å². The van der Waals surface area contributed by atoms with Crippen LogP contribution in [-0.2, 0) is 0 Å². The Balaban J connectivity index is 2.12. The summed E-state index contributed by atoms with van der Waals surface area (Å²) in [6.45, 7) is 6.43. The van der Waals surface area contributed by atoms with Gasteiger partial charge in [-0.25, -0.2) is 0 Å². The molecule has 1 saturated heterocycles. The van der Waals surface area contributed by atoms with Crippen molar-refractivity contribution in [2.24, 2.45) is 0 Å². The first-order valence-electron chi connectivity index (χ1n) is 8.42. The third kappa shape index (κ3) is 4.50. The Kier molecular flexibility index (Phi) is 6.64. The summed E-state index contributed by atoms with van der Waals surface area (Å²) in [4.78, 5) is 2.44. The summed E-state index contributed by atoms with van der Waals surface area (Å²) in [6, 6.07) is 11.9. The largest absolute Gasteiger partial charge is 0.494 e. The second-order valence-corrected chi connectivity index (χ2v) is 7.73. The van der Waals surface area contributed by atoms with Crippen molar-refractivity contribution < 1.29 is 4.74 Å². The summed E-state index contributed by atoms with van der Waals surface area (Å²) in [7, 11) is 0. The first-order chi connectivity index (χ1) is 12.1. The molecule has 0 aromatic heterocycles. The summed E-state index contributed by atoms with van der Waals surface area (Å²) < 4.78 is 6.94. The lowest BCUT2D eigenvalue weighted by molar-refractivity contribution is 0.194. The highest BCUT2D eigenvalue weighted by Crippen LogP contribution is 2.40. The van der Waals surface area contributed by atoms with Crippen LogP contribution in [0.15, 0.2) is 40.9 Å². The summed E-state index contributed by atoms with van der Waals surface area (Å²) >= 11 is 16.3. The lowest BCUT2D eigenvalue weighted by Crippen LogP contribution is -2.45. The van der Waals surface area contributed by atoms with E-state index >= 15 is 0 Å². The molecule has 1 unspecified atom stereocenters. The number of hydrogen-bond acceptors (Lipinski definition) is 3. The van der Waals surface area contributed by atoms with E-state index in [2.05, 4.69) is 32.2 Å². The molecule has 3 nitrogen and oxygen atoms in total. The van der Waals surface area contributed by atoms with Gasteiger partial charge in [0.25, 0.3) is 0 Å². The van der Waals surface area contributed by atoms with Crippen molar-refractivity contribution in [2.45, 2.75) is 13.0 Å². The summed E-state index contributed by atoms with van der Waals surface area (Å²) in [5.74, 6) is 0.889. The van der Waals surface area contributed by atoms with Crippen molar-refractivity contribution >= 4 is 39.1 Å². The van der Waals surface area contributed by atoms with Gasteiger partial charge in [-0.3, -0.25) is 4.90 Å². The van der Waals surface area contributed by atoms with E-state index in [1.54, 1.807) is 0 Å². The number of benzene rings is 2. The SMILES string of the molecule is CCOc1ccc(Br)cc1C(c1ccc(Cl)cc1Cl)N1CCNCC1. The van der Waals surface area contributed by atoms with Crippen LogP contribution in [-0.4, -0.2) is 37.7 Å². The van der Waals surface area contributed by atoms with Crippen LogP contribution in [0.1, 0.15) is 24.1 Å². The minimum atomic E-state index is 0.0194. The number of hydrogen-bond donors (Lipinski definition) is 1. The number of nitrogens with zero attached hydrogens (tertiary/aromatic N) is 1. The van der Waals surface area contributed by atoms with Crippen molar-refractivity contribution in [1.29, 1.82) is 0 Å². The quantitative estimate of drug-likeness (QED) is 0.691. The van der Waals surface area contributed by atoms with Gasteiger partial charge >= 0.3 is 0 Å². The molecule has 6 heteroatoms. The van der Waals surface area contributed by atoms with Crippen LogP contribution >= 0.6 is 39.1 Å². The zero-order valence-corrected chi connectivity index (χ0v) is 17.2. The highest BCUT2D eigenvalue weighted by atomic mass is 79.9. The van der Waals surface area contributed by atoms with Gasteiger partial charge in [-0.1, -0.05) is 45.2 Å². The molecule has 134 valence electrons. The van der Waals surface area contributed by atoms with E-state index < -0.39 is 0 Å². The van der Waals surface area contributed by atoms with Gasteiger partial charge in [0.2, 0.25) is 0 Å². The molecule has 0 spiro atoms. The minimum absolute atomic E-state index is 0.0194. The Morgan fingerprint density at radius 1 is 1.12 bits per heavy atom. The van der Waals surface area contributed by atoms with Crippen molar-refractivity contribution in [1.82, 2.24) is 10.2 Å². The zero-order valence-electron chi connectivity index (χ0n) is 14.1. The Labute approximate surface area is 167 Å². The normalized spacial score (nSPS) is 16.6. The molecule has 2 aromatic carbocycles. The average molecular weight is 444 g/mol. The maximum atomic E-state index is 6.58. The highest BCUT2D eigenvalue weighted by Gasteiger charge is 2.28. The molecule has 0 saturated carbocycles. The smallest absolute Gasteiger partial charge is 0.124 e. The molecule has 3 rings (SSSR count). The average Bonchev–Trinajstić information content (AvgIpc) is 2.60. The number of piperazine rings is 1. The van der Waals surface area contributed by atoms with Gasteiger partial charge in [0.05, 0.1) is 12.6 Å². The number of halogens is 3. The second kappa shape index (κ2) is 8.74. The van der Waals surface area contributed by atoms with Gasteiger partial charge in [0.1, 0.15) is 5.75 Å². The first kappa shape index (κ1) is 19.0. The number of rotatable bonds is 5. The third-order valence-corrected chi connectivity index (χ3v) is 5.40. The molecule has 0 amide bonds. The molecule has 0 radical (unpaired) electrons. The molecular weight excluding hydrogens is 423 g/mol. The zero-order chi connectivity index (χ0) is 17.8. The molecule has 0 aliphatic carbocycles. The van der Waals surface area contributed by atoms with Crippen LogP contribution in [0, 0.1) is 0 Å². The molecule has 25 heavy (non-hydrogen) atoms. The van der Waals surface area contributed by atoms with Gasteiger partial charge < -0.3 is 10.1 Å². The summed E-state index contributed by atoms with van der Waals surface area (Å²) in [5.41, 5.74) is 2.16. The standard InChI is InChI=1S/C19H21BrCl2N2O/c1-2-25-18-6-3-13(20)11-16(18)19(24-9-7-23-8-10-24)15-5-4-14(21)12-17(15)22/h3-6,11-12,19,23H,2,7-10H2,1H3.